The second-order valence-electron chi connectivity index (χ2n) is 7.19. The number of methoxy groups -OCH3 is 1. The van der Waals surface area contributed by atoms with Crippen molar-refractivity contribution in [1.29, 1.82) is 0 Å². The number of benzene rings is 1. The van der Waals surface area contributed by atoms with E-state index >= 15 is 0 Å². The van der Waals surface area contributed by atoms with Crippen LogP contribution < -0.4 is 4.74 Å². The first-order valence-corrected chi connectivity index (χ1v) is 8.90. The summed E-state index contributed by atoms with van der Waals surface area (Å²) in [6.45, 7) is 8.97. The van der Waals surface area contributed by atoms with E-state index in [9.17, 15) is 0 Å². The molecule has 3 rings (SSSR count). The molecule has 2 heterocycles. The van der Waals surface area contributed by atoms with Gasteiger partial charge in [-0.05, 0) is 44.1 Å². The van der Waals surface area contributed by atoms with E-state index in [1.165, 1.54) is 29.5 Å². The van der Waals surface area contributed by atoms with Crippen LogP contribution in [0.1, 0.15) is 30.0 Å². The normalized spacial score (nSPS) is 23.7. The lowest BCUT2D eigenvalue weighted by atomic mass is 9.91. The first-order valence-electron chi connectivity index (χ1n) is 8.90. The Morgan fingerprint density at radius 3 is 2.48 bits per heavy atom. The van der Waals surface area contributed by atoms with Crippen molar-refractivity contribution in [2.75, 3.05) is 47.4 Å². The number of hydrogen-bond acceptors (Lipinski definition) is 4. The molecular weight excluding hydrogens is 286 g/mol. The number of ether oxygens (including phenoxy) is 1. The SMILES string of the molecule is CCC1Cc2cc(CN3CCN(C)CC3)c(OC)cc2CN1C. The van der Waals surface area contributed by atoms with Crippen LogP contribution in [0.4, 0.5) is 0 Å². The largest absolute Gasteiger partial charge is 0.496 e. The summed E-state index contributed by atoms with van der Waals surface area (Å²) in [6, 6.07) is 5.37. The van der Waals surface area contributed by atoms with Crippen molar-refractivity contribution in [2.24, 2.45) is 0 Å². The van der Waals surface area contributed by atoms with E-state index in [4.69, 9.17) is 4.74 Å². The molecule has 0 N–H and O–H groups in total. The lowest BCUT2D eigenvalue weighted by molar-refractivity contribution is 0.147. The van der Waals surface area contributed by atoms with Crippen LogP contribution in [-0.4, -0.2) is 68.1 Å². The number of piperazine rings is 1. The van der Waals surface area contributed by atoms with E-state index < -0.39 is 0 Å². The van der Waals surface area contributed by atoms with Gasteiger partial charge in [-0.3, -0.25) is 9.80 Å². The molecular formula is C19H31N3O. The van der Waals surface area contributed by atoms with Gasteiger partial charge < -0.3 is 9.64 Å². The van der Waals surface area contributed by atoms with Gasteiger partial charge in [0.2, 0.25) is 0 Å². The highest BCUT2D eigenvalue weighted by Crippen LogP contribution is 2.31. The molecule has 128 valence electrons. The Balaban J connectivity index is 1.80. The third-order valence-electron chi connectivity index (χ3n) is 5.56. The zero-order valence-corrected chi connectivity index (χ0v) is 15.1. The second kappa shape index (κ2) is 7.20. The molecule has 0 aliphatic carbocycles. The van der Waals surface area contributed by atoms with Gasteiger partial charge in [-0.1, -0.05) is 13.0 Å². The maximum absolute atomic E-state index is 5.71. The van der Waals surface area contributed by atoms with Crippen LogP contribution in [0.25, 0.3) is 0 Å². The van der Waals surface area contributed by atoms with Crippen LogP contribution in [-0.2, 0) is 19.5 Å². The Morgan fingerprint density at radius 2 is 1.83 bits per heavy atom. The molecule has 1 saturated heterocycles. The molecule has 1 aromatic rings. The maximum atomic E-state index is 5.71. The molecule has 4 heteroatoms. The Morgan fingerprint density at radius 1 is 1.09 bits per heavy atom. The zero-order valence-electron chi connectivity index (χ0n) is 15.1. The number of hydrogen-bond donors (Lipinski definition) is 0. The van der Waals surface area contributed by atoms with Crippen molar-refractivity contribution in [1.82, 2.24) is 14.7 Å². The van der Waals surface area contributed by atoms with Gasteiger partial charge in [-0.25, -0.2) is 0 Å². The summed E-state index contributed by atoms with van der Waals surface area (Å²) in [5.41, 5.74) is 4.33. The Bertz CT molecular complexity index is 538. The summed E-state index contributed by atoms with van der Waals surface area (Å²) in [5, 5.41) is 0. The molecule has 4 nitrogen and oxygen atoms in total. The summed E-state index contributed by atoms with van der Waals surface area (Å²) in [7, 11) is 6.25. The van der Waals surface area contributed by atoms with Crippen LogP contribution in [0.15, 0.2) is 12.1 Å². The highest BCUT2D eigenvalue weighted by atomic mass is 16.5. The summed E-state index contributed by atoms with van der Waals surface area (Å²) in [5.74, 6) is 1.06. The van der Waals surface area contributed by atoms with Gasteiger partial charge in [-0.2, -0.15) is 0 Å². The molecule has 2 aliphatic rings. The molecule has 0 radical (unpaired) electrons. The number of likely N-dealkylation sites (N-methyl/N-ethyl adjacent to an activating group) is 2. The maximum Gasteiger partial charge on any atom is 0.123 e. The van der Waals surface area contributed by atoms with E-state index in [1.54, 1.807) is 7.11 Å². The monoisotopic (exact) mass is 317 g/mol. The van der Waals surface area contributed by atoms with E-state index in [-0.39, 0.29) is 0 Å². The minimum atomic E-state index is 0.674. The third-order valence-corrected chi connectivity index (χ3v) is 5.56. The van der Waals surface area contributed by atoms with Crippen LogP contribution in [0.3, 0.4) is 0 Å². The zero-order chi connectivity index (χ0) is 16.4. The van der Waals surface area contributed by atoms with Gasteiger partial charge >= 0.3 is 0 Å². The molecule has 0 aromatic heterocycles. The lowest BCUT2D eigenvalue weighted by Crippen LogP contribution is -2.44. The summed E-state index contributed by atoms with van der Waals surface area (Å²) >= 11 is 0. The van der Waals surface area contributed by atoms with E-state index in [2.05, 4.69) is 47.9 Å². The molecule has 0 bridgehead atoms. The Hall–Kier alpha value is -1.10. The third kappa shape index (κ3) is 3.70. The van der Waals surface area contributed by atoms with Crippen molar-refractivity contribution in [2.45, 2.75) is 38.9 Å². The number of nitrogens with zero attached hydrogens (tertiary/aromatic N) is 3. The number of rotatable bonds is 4. The molecule has 1 aromatic carbocycles. The van der Waals surface area contributed by atoms with Gasteiger partial charge in [0.05, 0.1) is 7.11 Å². The fraction of sp³-hybridized carbons (Fsp3) is 0.684. The quantitative estimate of drug-likeness (QED) is 0.847. The van der Waals surface area contributed by atoms with Crippen LogP contribution in [0.2, 0.25) is 0 Å². The smallest absolute Gasteiger partial charge is 0.123 e. The molecule has 0 amide bonds. The summed E-state index contributed by atoms with van der Waals surface area (Å²) in [6.07, 6.45) is 2.39. The highest BCUT2D eigenvalue weighted by Gasteiger charge is 2.24. The molecule has 0 saturated carbocycles. The standard InChI is InChI=1S/C19H31N3O/c1-5-18-11-15-10-17(14-22-8-6-20(2)7-9-22)19(23-4)12-16(15)13-21(18)3/h10,12,18H,5-9,11,13-14H2,1-4H3. The predicted molar refractivity (Wildman–Crippen MR) is 95.0 cm³/mol. The fourth-order valence-electron chi connectivity index (χ4n) is 3.88. The average Bonchev–Trinajstić information content (AvgIpc) is 2.56. The Labute approximate surface area is 141 Å². The molecule has 2 aliphatic heterocycles. The van der Waals surface area contributed by atoms with Crippen LogP contribution in [0, 0.1) is 0 Å². The molecule has 0 spiro atoms. The predicted octanol–water partition coefficient (Wildman–Crippen LogP) is 2.21. The van der Waals surface area contributed by atoms with Gasteiger partial charge in [0, 0.05) is 50.9 Å². The first-order chi connectivity index (χ1) is 11.1. The molecule has 1 fully saturated rings. The van der Waals surface area contributed by atoms with Crippen LogP contribution >= 0.6 is 0 Å². The fourth-order valence-corrected chi connectivity index (χ4v) is 3.88. The topological polar surface area (TPSA) is 19.0 Å². The van der Waals surface area contributed by atoms with Crippen molar-refractivity contribution < 1.29 is 4.74 Å². The van der Waals surface area contributed by atoms with Gasteiger partial charge in [0.1, 0.15) is 5.75 Å². The lowest BCUT2D eigenvalue weighted by Gasteiger charge is -2.35. The minimum absolute atomic E-state index is 0.674. The molecule has 1 atom stereocenters. The van der Waals surface area contributed by atoms with Crippen molar-refractivity contribution in [3.8, 4) is 5.75 Å². The van der Waals surface area contributed by atoms with E-state index in [0.29, 0.717) is 6.04 Å². The minimum Gasteiger partial charge on any atom is -0.496 e. The number of fused-ring (bicyclic) bond motifs is 1. The molecule has 1 unspecified atom stereocenters. The van der Waals surface area contributed by atoms with Crippen molar-refractivity contribution in [3.05, 3.63) is 28.8 Å². The first kappa shape index (κ1) is 16.7. The van der Waals surface area contributed by atoms with Crippen molar-refractivity contribution in [3.63, 3.8) is 0 Å². The Kier molecular flexibility index (Phi) is 5.24. The van der Waals surface area contributed by atoms with Gasteiger partial charge in [0.25, 0.3) is 0 Å². The summed E-state index contributed by atoms with van der Waals surface area (Å²) in [4.78, 5) is 7.43. The second-order valence-corrected chi connectivity index (χ2v) is 7.19. The van der Waals surface area contributed by atoms with Gasteiger partial charge in [0.15, 0.2) is 0 Å². The van der Waals surface area contributed by atoms with E-state index in [1.807, 2.05) is 0 Å². The van der Waals surface area contributed by atoms with Crippen LogP contribution in [0.5, 0.6) is 5.75 Å². The average molecular weight is 317 g/mol. The van der Waals surface area contributed by atoms with Gasteiger partial charge in [-0.15, -0.1) is 0 Å². The van der Waals surface area contributed by atoms with E-state index in [0.717, 1.165) is 45.0 Å². The van der Waals surface area contributed by atoms with Crippen molar-refractivity contribution >= 4 is 0 Å². The summed E-state index contributed by atoms with van der Waals surface area (Å²) < 4.78 is 5.71. The highest BCUT2D eigenvalue weighted by molar-refractivity contribution is 5.44. The molecule has 23 heavy (non-hydrogen) atoms.